The Morgan fingerprint density at radius 2 is 1.67 bits per heavy atom. The smallest absolute Gasteiger partial charge is 0.163 e. The molecule has 0 N–H and O–H groups in total. The van der Waals surface area contributed by atoms with Crippen LogP contribution in [0.15, 0.2) is 0 Å². The zero-order chi connectivity index (χ0) is 11.7. The van der Waals surface area contributed by atoms with Gasteiger partial charge in [-0.1, -0.05) is 53.4 Å². The minimum Gasteiger partial charge on any atom is -0.374 e. The van der Waals surface area contributed by atoms with Gasteiger partial charge in [-0.05, 0) is 6.42 Å². The average molecular weight is 214 g/mol. The number of ketones is 1. The summed E-state index contributed by atoms with van der Waals surface area (Å²) in [7, 11) is 0. The molecule has 0 fully saturated rings. The maximum Gasteiger partial charge on any atom is 0.163 e. The molecular formula is C13H26O2. The standard InChI is InChI=1S/C13H26O2/c1-5-6-7-8-9-10-15-11-12(14)13(2,3)4/h5-11H2,1-4H3. The molecule has 0 rings (SSSR count). The highest BCUT2D eigenvalue weighted by Gasteiger charge is 2.20. The van der Waals surface area contributed by atoms with E-state index < -0.39 is 0 Å². The van der Waals surface area contributed by atoms with Crippen LogP contribution >= 0.6 is 0 Å². The van der Waals surface area contributed by atoms with E-state index in [1.807, 2.05) is 20.8 Å². The summed E-state index contributed by atoms with van der Waals surface area (Å²) in [5, 5.41) is 0. The molecule has 0 bridgehead atoms. The average Bonchev–Trinajstić information content (AvgIpc) is 2.14. The fraction of sp³-hybridized carbons (Fsp3) is 0.923. The van der Waals surface area contributed by atoms with Gasteiger partial charge in [0.2, 0.25) is 0 Å². The summed E-state index contributed by atoms with van der Waals surface area (Å²) in [6.45, 7) is 9.00. The minimum atomic E-state index is -0.262. The molecule has 0 aromatic carbocycles. The summed E-state index contributed by atoms with van der Waals surface area (Å²) >= 11 is 0. The van der Waals surface area contributed by atoms with Crippen molar-refractivity contribution in [3.05, 3.63) is 0 Å². The molecule has 0 unspecified atom stereocenters. The summed E-state index contributed by atoms with van der Waals surface area (Å²) in [6, 6.07) is 0. The van der Waals surface area contributed by atoms with Crippen molar-refractivity contribution in [2.45, 2.75) is 59.8 Å². The van der Waals surface area contributed by atoms with E-state index in [1.54, 1.807) is 0 Å². The van der Waals surface area contributed by atoms with Gasteiger partial charge in [0.15, 0.2) is 5.78 Å². The highest BCUT2D eigenvalue weighted by molar-refractivity contribution is 5.84. The molecule has 15 heavy (non-hydrogen) atoms. The molecule has 0 aliphatic carbocycles. The number of Topliss-reactive ketones (excluding diaryl/α,β-unsaturated/α-hetero) is 1. The topological polar surface area (TPSA) is 26.3 Å². The Bertz CT molecular complexity index is 168. The molecule has 0 aliphatic heterocycles. The van der Waals surface area contributed by atoms with Crippen molar-refractivity contribution >= 4 is 5.78 Å². The van der Waals surface area contributed by atoms with Gasteiger partial charge in [0.25, 0.3) is 0 Å². The second-order valence-corrected chi connectivity index (χ2v) is 5.14. The highest BCUT2D eigenvalue weighted by Crippen LogP contribution is 2.14. The zero-order valence-electron chi connectivity index (χ0n) is 10.8. The minimum absolute atomic E-state index is 0.191. The van der Waals surface area contributed by atoms with Crippen LogP contribution < -0.4 is 0 Å². The number of hydrogen-bond acceptors (Lipinski definition) is 2. The summed E-state index contributed by atoms with van der Waals surface area (Å²) in [5.41, 5.74) is -0.262. The van der Waals surface area contributed by atoms with E-state index in [9.17, 15) is 4.79 Å². The fourth-order valence-electron chi connectivity index (χ4n) is 1.19. The summed E-state index contributed by atoms with van der Waals surface area (Å²) in [5.74, 6) is 0.191. The molecule has 0 aliphatic rings. The second-order valence-electron chi connectivity index (χ2n) is 5.14. The molecule has 0 spiro atoms. The number of unbranched alkanes of at least 4 members (excludes halogenated alkanes) is 4. The number of rotatable bonds is 8. The number of carbonyl (C=O) groups excluding carboxylic acids is 1. The predicted octanol–water partition coefficient (Wildman–Crippen LogP) is 3.59. The van der Waals surface area contributed by atoms with Crippen molar-refractivity contribution in [1.29, 1.82) is 0 Å². The molecule has 0 aromatic rings. The Labute approximate surface area is 94.4 Å². The first kappa shape index (κ1) is 14.6. The first-order valence-corrected chi connectivity index (χ1v) is 6.09. The summed E-state index contributed by atoms with van der Waals surface area (Å²) in [4.78, 5) is 11.5. The Balaban J connectivity index is 3.28. The normalized spacial score (nSPS) is 11.7. The third kappa shape index (κ3) is 8.61. The van der Waals surface area contributed by atoms with Gasteiger partial charge in [0, 0.05) is 12.0 Å². The molecule has 90 valence electrons. The van der Waals surface area contributed by atoms with Gasteiger partial charge in [-0.15, -0.1) is 0 Å². The second kappa shape index (κ2) is 7.86. The molecule has 0 atom stereocenters. The molecule has 0 aromatic heterocycles. The van der Waals surface area contributed by atoms with Crippen molar-refractivity contribution in [2.75, 3.05) is 13.2 Å². The van der Waals surface area contributed by atoms with Gasteiger partial charge in [-0.2, -0.15) is 0 Å². The highest BCUT2D eigenvalue weighted by atomic mass is 16.5. The predicted molar refractivity (Wildman–Crippen MR) is 64.0 cm³/mol. The van der Waals surface area contributed by atoms with Crippen LogP contribution in [0.3, 0.4) is 0 Å². The number of carbonyl (C=O) groups is 1. The fourth-order valence-corrected chi connectivity index (χ4v) is 1.19. The molecular weight excluding hydrogens is 188 g/mol. The van der Waals surface area contributed by atoms with E-state index in [0.717, 1.165) is 13.0 Å². The van der Waals surface area contributed by atoms with Crippen molar-refractivity contribution in [1.82, 2.24) is 0 Å². The maximum atomic E-state index is 11.5. The molecule has 0 radical (unpaired) electrons. The van der Waals surface area contributed by atoms with E-state index in [2.05, 4.69) is 6.92 Å². The van der Waals surface area contributed by atoms with Crippen LogP contribution in [0.5, 0.6) is 0 Å². The van der Waals surface area contributed by atoms with Crippen molar-refractivity contribution in [3.8, 4) is 0 Å². The van der Waals surface area contributed by atoms with Crippen LogP contribution in [-0.4, -0.2) is 19.0 Å². The first-order valence-electron chi connectivity index (χ1n) is 6.09. The van der Waals surface area contributed by atoms with Gasteiger partial charge < -0.3 is 4.74 Å². The van der Waals surface area contributed by atoms with Crippen LogP contribution in [-0.2, 0) is 9.53 Å². The molecule has 0 saturated carbocycles. The van der Waals surface area contributed by atoms with E-state index in [4.69, 9.17) is 4.74 Å². The Hall–Kier alpha value is -0.370. The van der Waals surface area contributed by atoms with Crippen LogP contribution in [0.4, 0.5) is 0 Å². The van der Waals surface area contributed by atoms with Crippen LogP contribution in [0.2, 0.25) is 0 Å². The lowest BCUT2D eigenvalue weighted by Crippen LogP contribution is -2.25. The molecule has 2 nitrogen and oxygen atoms in total. The van der Waals surface area contributed by atoms with Crippen molar-refractivity contribution < 1.29 is 9.53 Å². The molecule has 0 amide bonds. The first-order chi connectivity index (χ1) is 6.98. The van der Waals surface area contributed by atoms with E-state index in [1.165, 1.54) is 25.7 Å². The Morgan fingerprint density at radius 3 is 2.20 bits per heavy atom. The van der Waals surface area contributed by atoms with Crippen LogP contribution in [0.1, 0.15) is 59.8 Å². The largest absolute Gasteiger partial charge is 0.374 e. The number of ether oxygens (including phenoxy) is 1. The van der Waals surface area contributed by atoms with E-state index in [0.29, 0.717) is 0 Å². The monoisotopic (exact) mass is 214 g/mol. The maximum absolute atomic E-state index is 11.5. The lowest BCUT2D eigenvalue weighted by molar-refractivity contribution is -0.131. The van der Waals surface area contributed by atoms with Crippen molar-refractivity contribution in [2.24, 2.45) is 5.41 Å². The van der Waals surface area contributed by atoms with Crippen LogP contribution in [0, 0.1) is 5.41 Å². The molecule has 0 heterocycles. The quantitative estimate of drug-likeness (QED) is 0.577. The third-order valence-electron chi connectivity index (χ3n) is 2.46. The molecule has 2 heteroatoms. The summed E-state index contributed by atoms with van der Waals surface area (Å²) in [6.07, 6.45) is 6.16. The van der Waals surface area contributed by atoms with E-state index in [-0.39, 0.29) is 17.8 Å². The van der Waals surface area contributed by atoms with E-state index >= 15 is 0 Å². The zero-order valence-corrected chi connectivity index (χ0v) is 10.8. The summed E-state index contributed by atoms with van der Waals surface area (Å²) < 4.78 is 5.35. The lowest BCUT2D eigenvalue weighted by atomic mass is 9.91. The molecule has 0 saturated heterocycles. The Morgan fingerprint density at radius 1 is 1.07 bits per heavy atom. The van der Waals surface area contributed by atoms with Gasteiger partial charge in [-0.25, -0.2) is 0 Å². The number of hydrogen-bond donors (Lipinski definition) is 0. The van der Waals surface area contributed by atoms with Gasteiger partial charge in [-0.3, -0.25) is 4.79 Å². The Kier molecular flexibility index (Phi) is 7.67. The van der Waals surface area contributed by atoms with Gasteiger partial charge in [0.1, 0.15) is 6.61 Å². The van der Waals surface area contributed by atoms with Crippen molar-refractivity contribution in [3.63, 3.8) is 0 Å². The lowest BCUT2D eigenvalue weighted by Gasteiger charge is -2.16. The van der Waals surface area contributed by atoms with Gasteiger partial charge >= 0.3 is 0 Å². The SMILES string of the molecule is CCCCCCCOCC(=O)C(C)(C)C. The third-order valence-corrected chi connectivity index (χ3v) is 2.46. The van der Waals surface area contributed by atoms with Crippen LogP contribution in [0.25, 0.3) is 0 Å². The van der Waals surface area contributed by atoms with Gasteiger partial charge in [0.05, 0.1) is 0 Å².